The third kappa shape index (κ3) is 8.06. The molecule has 1 aromatic heterocycles. The summed E-state index contributed by atoms with van der Waals surface area (Å²) in [6.07, 6.45) is 7.46. The Bertz CT molecular complexity index is 932. The number of aryl methyl sites for hydroxylation is 1. The van der Waals surface area contributed by atoms with Crippen molar-refractivity contribution in [2.24, 2.45) is 5.92 Å². The van der Waals surface area contributed by atoms with Crippen LogP contribution in [-0.2, 0) is 28.0 Å². The number of carbonyl (C=O) groups is 1. The van der Waals surface area contributed by atoms with Crippen LogP contribution in [0.5, 0.6) is 0 Å². The van der Waals surface area contributed by atoms with E-state index in [1.165, 1.54) is 41.4 Å². The van der Waals surface area contributed by atoms with E-state index in [1.807, 2.05) is 13.0 Å². The minimum absolute atomic E-state index is 0.101. The van der Waals surface area contributed by atoms with Crippen molar-refractivity contribution in [2.45, 2.75) is 58.8 Å². The molecular weight excluding hydrogens is 406 g/mol. The highest BCUT2D eigenvalue weighted by atomic mass is 32.3. The molecule has 3 rings (SSSR count). The average Bonchev–Trinajstić information content (AvgIpc) is 3.01. The minimum Gasteiger partial charge on any atom is -0.358 e. The molecule has 0 saturated carbocycles. The molecule has 1 unspecified atom stereocenters. The summed E-state index contributed by atoms with van der Waals surface area (Å²) in [6, 6.07) is 6.25. The number of fused-ring (bicyclic) bond motifs is 3. The van der Waals surface area contributed by atoms with Crippen molar-refractivity contribution in [1.29, 1.82) is 0 Å². The molecule has 8 nitrogen and oxygen atoms in total. The first kappa shape index (κ1) is 24.3. The van der Waals surface area contributed by atoms with Gasteiger partial charge in [0.15, 0.2) is 0 Å². The van der Waals surface area contributed by atoms with Gasteiger partial charge in [-0.15, -0.1) is 0 Å². The number of aromatic amines is 1. The first-order valence-electron chi connectivity index (χ1n) is 10.5. The molecule has 0 aliphatic heterocycles. The molecule has 30 heavy (non-hydrogen) atoms. The number of carbonyl (C=O) groups excluding carboxylic acids is 1. The first-order valence-corrected chi connectivity index (χ1v) is 11.9. The SMILES string of the molecule is CCCCNCC1CCc2[nH]c3ccc(NC(=O)CCC)cc3c2C1.O=S(=O)(O)O. The third-order valence-electron chi connectivity index (χ3n) is 5.19. The van der Waals surface area contributed by atoms with Crippen LogP contribution in [0.2, 0.25) is 0 Å². The fraction of sp³-hybridized carbons (Fsp3) is 0.571. The van der Waals surface area contributed by atoms with Gasteiger partial charge in [-0.3, -0.25) is 13.9 Å². The fourth-order valence-corrected chi connectivity index (χ4v) is 3.80. The maximum atomic E-state index is 11.9. The van der Waals surface area contributed by atoms with E-state index in [-0.39, 0.29) is 5.91 Å². The molecule has 1 aliphatic rings. The normalized spacial score (nSPS) is 15.9. The van der Waals surface area contributed by atoms with E-state index in [4.69, 9.17) is 17.5 Å². The fourth-order valence-electron chi connectivity index (χ4n) is 3.80. The molecule has 5 N–H and O–H groups in total. The van der Waals surface area contributed by atoms with E-state index >= 15 is 0 Å². The van der Waals surface area contributed by atoms with Crippen molar-refractivity contribution in [3.63, 3.8) is 0 Å². The Morgan fingerprint density at radius 1 is 1.23 bits per heavy atom. The maximum Gasteiger partial charge on any atom is 0.394 e. The van der Waals surface area contributed by atoms with Gasteiger partial charge in [0.2, 0.25) is 5.91 Å². The highest BCUT2D eigenvalue weighted by Gasteiger charge is 2.22. The lowest BCUT2D eigenvalue weighted by atomic mass is 9.86. The van der Waals surface area contributed by atoms with Crippen molar-refractivity contribution in [3.05, 3.63) is 29.5 Å². The largest absolute Gasteiger partial charge is 0.394 e. The summed E-state index contributed by atoms with van der Waals surface area (Å²) >= 11 is 0. The van der Waals surface area contributed by atoms with Crippen LogP contribution in [0.4, 0.5) is 5.69 Å². The number of nitrogens with one attached hydrogen (secondary N) is 3. The monoisotopic (exact) mass is 439 g/mol. The van der Waals surface area contributed by atoms with Crippen molar-refractivity contribution < 1.29 is 22.3 Å². The third-order valence-corrected chi connectivity index (χ3v) is 5.19. The van der Waals surface area contributed by atoms with Crippen LogP contribution in [0.1, 0.15) is 57.2 Å². The zero-order chi connectivity index (χ0) is 22.1. The summed E-state index contributed by atoms with van der Waals surface area (Å²) in [5.41, 5.74) is 4.95. The van der Waals surface area contributed by atoms with E-state index in [0.717, 1.165) is 38.0 Å². The highest BCUT2D eigenvalue weighted by molar-refractivity contribution is 7.79. The van der Waals surface area contributed by atoms with Crippen molar-refractivity contribution in [1.82, 2.24) is 10.3 Å². The molecule has 1 aliphatic carbocycles. The van der Waals surface area contributed by atoms with Crippen molar-refractivity contribution >= 4 is 32.9 Å². The smallest absolute Gasteiger partial charge is 0.358 e. The molecule has 1 amide bonds. The van der Waals surface area contributed by atoms with Gasteiger partial charge < -0.3 is 15.6 Å². The van der Waals surface area contributed by atoms with Crippen LogP contribution in [0, 0.1) is 5.92 Å². The molecule has 0 bridgehead atoms. The molecular formula is C21H33N3O5S. The zero-order valence-corrected chi connectivity index (χ0v) is 18.5. The summed E-state index contributed by atoms with van der Waals surface area (Å²) < 4.78 is 31.6. The van der Waals surface area contributed by atoms with Gasteiger partial charge in [0.1, 0.15) is 0 Å². The number of amides is 1. The van der Waals surface area contributed by atoms with Gasteiger partial charge in [0.25, 0.3) is 0 Å². The van der Waals surface area contributed by atoms with Gasteiger partial charge in [-0.2, -0.15) is 8.42 Å². The highest BCUT2D eigenvalue weighted by Crippen LogP contribution is 2.33. The van der Waals surface area contributed by atoms with E-state index in [1.54, 1.807) is 0 Å². The Balaban J connectivity index is 0.000000575. The van der Waals surface area contributed by atoms with Gasteiger partial charge in [0, 0.05) is 28.7 Å². The van der Waals surface area contributed by atoms with E-state index in [2.05, 4.69) is 34.7 Å². The van der Waals surface area contributed by atoms with Gasteiger partial charge in [-0.1, -0.05) is 20.3 Å². The minimum atomic E-state index is -4.67. The summed E-state index contributed by atoms with van der Waals surface area (Å²) in [7, 11) is -4.67. The van der Waals surface area contributed by atoms with Gasteiger partial charge in [-0.05, 0) is 74.9 Å². The van der Waals surface area contributed by atoms with E-state index in [9.17, 15) is 4.79 Å². The number of unbranched alkanes of at least 4 members (excludes halogenated alkanes) is 1. The van der Waals surface area contributed by atoms with Crippen LogP contribution in [-0.4, -0.2) is 41.5 Å². The lowest BCUT2D eigenvalue weighted by molar-refractivity contribution is -0.116. The second-order valence-electron chi connectivity index (χ2n) is 7.75. The molecule has 2 aromatic rings. The van der Waals surface area contributed by atoms with Gasteiger partial charge in [-0.25, -0.2) is 0 Å². The number of hydrogen-bond acceptors (Lipinski definition) is 4. The Kier molecular flexibility index (Phi) is 9.29. The molecule has 1 aromatic carbocycles. The van der Waals surface area contributed by atoms with Crippen LogP contribution < -0.4 is 10.6 Å². The molecule has 0 saturated heterocycles. The quantitative estimate of drug-likeness (QED) is 0.314. The number of rotatable bonds is 8. The van der Waals surface area contributed by atoms with Gasteiger partial charge in [0.05, 0.1) is 0 Å². The summed E-state index contributed by atoms with van der Waals surface area (Å²) in [5, 5.41) is 7.92. The topological polar surface area (TPSA) is 132 Å². The lowest BCUT2D eigenvalue weighted by Crippen LogP contribution is -2.27. The van der Waals surface area contributed by atoms with Crippen LogP contribution in [0.15, 0.2) is 18.2 Å². The van der Waals surface area contributed by atoms with Crippen LogP contribution in [0.3, 0.4) is 0 Å². The lowest BCUT2D eigenvalue weighted by Gasteiger charge is -2.23. The molecule has 1 atom stereocenters. The molecule has 0 radical (unpaired) electrons. The standard InChI is InChI=1S/C21H31N3O.H2O4S/c1-3-5-11-22-14-15-7-9-19-17(12-15)18-13-16(8-10-20(18)24-19)23-21(25)6-4-2;1-5(2,3)4/h8,10,13,15,22,24H,3-7,9,11-12,14H2,1-2H3,(H,23,25);(H2,1,2,3,4). The molecule has 0 spiro atoms. The average molecular weight is 440 g/mol. The number of hydrogen-bond donors (Lipinski definition) is 5. The summed E-state index contributed by atoms with van der Waals surface area (Å²) in [6.45, 7) is 6.50. The second kappa shape index (κ2) is 11.5. The number of aromatic nitrogens is 1. The maximum absolute atomic E-state index is 11.9. The van der Waals surface area contributed by atoms with Crippen molar-refractivity contribution in [3.8, 4) is 0 Å². The molecule has 0 fully saturated rings. The summed E-state index contributed by atoms with van der Waals surface area (Å²) in [4.78, 5) is 15.5. The van der Waals surface area contributed by atoms with Crippen LogP contribution in [0.25, 0.3) is 10.9 Å². The number of benzene rings is 1. The predicted molar refractivity (Wildman–Crippen MR) is 119 cm³/mol. The molecule has 9 heteroatoms. The predicted octanol–water partition coefficient (Wildman–Crippen LogP) is 3.75. The van der Waals surface area contributed by atoms with E-state index in [0.29, 0.717) is 12.3 Å². The summed E-state index contributed by atoms with van der Waals surface area (Å²) in [5.74, 6) is 0.811. The Labute approximate surface area is 178 Å². The zero-order valence-electron chi connectivity index (χ0n) is 17.7. The Morgan fingerprint density at radius 3 is 2.63 bits per heavy atom. The Hall–Kier alpha value is -1.94. The number of anilines is 1. The Morgan fingerprint density at radius 2 is 1.97 bits per heavy atom. The van der Waals surface area contributed by atoms with Crippen LogP contribution >= 0.6 is 0 Å². The molecule has 168 valence electrons. The second-order valence-corrected chi connectivity index (χ2v) is 8.65. The van der Waals surface area contributed by atoms with Gasteiger partial charge >= 0.3 is 10.4 Å². The van der Waals surface area contributed by atoms with Crippen molar-refractivity contribution in [2.75, 3.05) is 18.4 Å². The number of H-pyrrole nitrogens is 1. The first-order chi connectivity index (χ1) is 14.2. The molecule has 1 heterocycles. The van der Waals surface area contributed by atoms with E-state index < -0.39 is 10.4 Å².